The molecule has 28 heavy (non-hydrogen) atoms. The molecule has 1 saturated carbocycles. The van der Waals surface area contributed by atoms with Crippen LogP contribution in [0.1, 0.15) is 70.3 Å². The Morgan fingerprint density at radius 1 is 1.07 bits per heavy atom. The van der Waals surface area contributed by atoms with Crippen LogP contribution in [-0.4, -0.2) is 52.4 Å². The summed E-state index contributed by atoms with van der Waals surface area (Å²) in [6.45, 7) is 11.6. The summed E-state index contributed by atoms with van der Waals surface area (Å²) in [7, 11) is 0. The van der Waals surface area contributed by atoms with E-state index in [-0.39, 0.29) is 11.6 Å². The van der Waals surface area contributed by atoms with Gasteiger partial charge in [0.05, 0.1) is 11.6 Å². The second-order valence-electron chi connectivity index (χ2n) is 9.26. The fraction of sp³-hybridized carbons (Fsp3) is 0.682. The fourth-order valence-electron chi connectivity index (χ4n) is 5.09. The van der Waals surface area contributed by atoms with Crippen LogP contribution >= 0.6 is 0 Å². The highest BCUT2D eigenvalue weighted by Crippen LogP contribution is 2.24. The number of aromatic nitrogens is 4. The molecule has 0 unspecified atom stereocenters. The van der Waals surface area contributed by atoms with Gasteiger partial charge in [-0.05, 0) is 56.4 Å². The van der Waals surface area contributed by atoms with E-state index in [0.29, 0.717) is 0 Å². The quantitative estimate of drug-likeness (QED) is 0.768. The first-order valence-electron chi connectivity index (χ1n) is 11.1. The van der Waals surface area contributed by atoms with Crippen molar-refractivity contribution >= 4 is 0 Å². The number of benzene rings is 1. The third-order valence-corrected chi connectivity index (χ3v) is 7.20. The van der Waals surface area contributed by atoms with E-state index < -0.39 is 0 Å². The molecule has 2 aromatic rings. The number of tetrazole rings is 1. The number of nitrogens with zero attached hydrogens (tertiary/aromatic N) is 4. The van der Waals surface area contributed by atoms with Crippen LogP contribution in [0.3, 0.4) is 0 Å². The monoisotopic (exact) mass is 384 g/mol. The molecule has 1 aromatic heterocycles. The lowest BCUT2D eigenvalue weighted by atomic mass is 9.99. The third kappa shape index (κ3) is 3.85. The summed E-state index contributed by atoms with van der Waals surface area (Å²) in [4.78, 5) is 3.44. The first-order valence-corrected chi connectivity index (χ1v) is 11.1. The lowest BCUT2D eigenvalue weighted by Crippen LogP contribution is -3.29. The predicted molar refractivity (Wildman–Crippen MR) is 109 cm³/mol. The molecule has 6 nitrogen and oxygen atoms in total. The van der Waals surface area contributed by atoms with Crippen molar-refractivity contribution in [1.82, 2.24) is 20.2 Å². The summed E-state index contributed by atoms with van der Waals surface area (Å²) >= 11 is 0. The zero-order valence-electron chi connectivity index (χ0n) is 17.7. The van der Waals surface area contributed by atoms with E-state index in [1.165, 1.54) is 57.4 Å². The van der Waals surface area contributed by atoms with Gasteiger partial charge in [0.2, 0.25) is 5.82 Å². The van der Waals surface area contributed by atoms with Crippen molar-refractivity contribution in [2.24, 2.45) is 0 Å². The molecule has 0 amide bonds. The van der Waals surface area contributed by atoms with E-state index in [4.69, 9.17) is 0 Å². The molecular weight excluding hydrogens is 348 g/mol. The fourth-order valence-corrected chi connectivity index (χ4v) is 5.09. The second kappa shape index (κ2) is 8.29. The lowest BCUT2D eigenvalue weighted by molar-refractivity contribution is -1.03. The second-order valence-corrected chi connectivity index (χ2v) is 9.26. The van der Waals surface area contributed by atoms with Crippen molar-refractivity contribution in [3.63, 3.8) is 0 Å². The van der Waals surface area contributed by atoms with Gasteiger partial charge in [-0.25, -0.2) is 4.68 Å². The molecule has 1 aliphatic carbocycles. The third-order valence-electron chi connectivity index (χ3n) is 7.20. The van der Waals surface area contributed by atoms with Crippen LogP contribution in [-0.2, 0) is 5.54 Å². The molecule has 2 N–H and O–H groups in total. The summed E-state index contributed by atoms with van der Waals surface area (Å²) in [6, 6.07) is 12.0. The normalized spacial score (nSPS) is 25.1. The molecule has 1 aromatic carbocycles. The van der Waals surface area contributed by atoms with E-state index in [1.54, 1.807) is 4.90 Å². The van der Waals surface area contributed by atoms with Gasteiger partial charge in [-0.2, -0.15) is 0 Å². The van der Waals surface area contributed by atoms with Crippen molar-refractivity contribution in [2.75, 3.05) is 26.2 Å². The van der Waals surface area contributed by atoms with Crippen LogP contribution < -0.4 is 9.80 Å². The Morgan fingerprint density at radius 2 is 1.75 bits per heavy atom. The zero-order chi connectivity index (χ0) is 19.6. The Morgan fingerprint density at radius 3 is 2.39 bits per heavy atom. The number of quaternary nitrogens is 2. The maximum absolute atomic E-state index is 4.55. The molecule has 0 bridgehead atoms. The molecule has 2 aliphatic rings. The number of hydrogen-bond acceptors (Lipinski definition) is 3. The van der Waals surface area contributed by atoms with Gasteiger partial charge in [0, 0.05) is 5.56 Å². The van der Waals surface area contributed by atoms with Crippen molar-refractivity contribution in [3.05, 3.63) is 41.7 Å². The minimum Gasteiger partial charge on any atom is -0.323 e. The topological polar surface area (TPSA) is 52.5 Å². The van der Waals surface area contributed by atoms with Crippen molar-refractivity contribution < 1.29 is 9.80 Å². The van der Waals surface area contributed by atoms with Crippen LogP contribution in [0, 0.1) is 0 Å². The molecule has 152 valence electrons. The van der Waals surface area contributed by atoms with E-state index in [1.807, 2.05) is 4.90 Å². The average molecular weight is 385 g/mol. The van der Waals surface area contributed by atoms with E-state index >= 15 is 0 Å². The summed E-state index contributed by atoms with van der Waals surface area (Å²) in [6.07, 6.45) is 6.71. The molecule has 6 heteroatoms. The molecule has 0 spiro atoms. The van der Waals surface area contributed by atoms with Crippen molar-refractivity contribution in [3.8, 4) is 0 Å². The summed E-state index contributed by atoms with van der Waals surface area (Å²) in [5.41, 5.74) is 1.24. The highest BCUT2D eigenvalue weighted by atomic mass is 15.6. The van der Waals surface area contributed by atoms with Gasteiger partial charge in [-0.15, -0.1) is 5.10 Å². The molecule has 1 aliphatic heterocycles. The zero-order valence-corrected chi connectivity index (χ0v) is 17.7. The molecule has 2 heterocycles. The lowest BCUT2D eigenvalue weighted by Gasteiger charge is -2.37. The summed E-state index contributed by atoms with van der Waals surface area (Å²) < 4.78 is 2.08. The van der Waals surface area contributed by atoms with Gasteiger partial charge < -0.3 is 9.80 Å². The first kappa shape index (κ1) is 19.5. The maximum Gasteiger partial charge on any atom is 0.214 e. The van der Waals surface area contributed by atoms with Gasteiger partial charge in [-0.3, -0.25) is 0 Å². The van der Waals surface area contributed by atoms with Crippen molar-refractivity contribution in [1.29, 1.82) is 0 Å². The van der Waals surface area contributed by atoms with Gasteiger partial charge in [0.25, 0.3) is 0 Å². The largest absolute Gasteiger partial charge is 0.323 e. The maximum atomic E-state index is 4.55. The molecule has 2 fully saturated rings. The van der Waals surface area contributed by atoms with Crippen molar-refractivity contribution in [2.45, 2.75) is 70.5 Å². The number of hydrogen-bond donors (Lipinski definition) is 2. The Labute approximate surface area is 168 Å². The summed E-state index contributed by atoms with van der Waals surface area (Å²) in [5, 5.41) is 13.1. The van der Waals surface area contributed by atoms with Gasteiger partial charge in [0.15, 0.2) is 6.04 Å². The highest BCUT2D eigenvalue weighted by Gasteiger charge is 2.39. The molecular formula is C22H36N6+2. The standard InChI is InChI=1S/C22H34N6/c1-4-22(2,3)28-21(23-24-25-28)20(18-10-6-5-7-11-18)27-16-14-26(15-17-27)19-12-8-9-13-19/h5-7,10-11,19-20H,4,8-9,12-17H2,1-3H3/p+2/t20-/m0/s1. The number of piperazine rings is 1. The minimum absolute atomic E-state index is 0.0811. The average Bonchev–Trinajstić information content (AvgIpc) is 3.42. The number of rotatable bonds is 6. The SMILES string of the molecule is CCC(C)(C)n1nnnc1[C@H](c1ccccc1)[NH+]1CC[NH+](C2CCCC2)CC1. The molecule has 4 rings (SSSR count). The Kier molecular flexibility index (Phi) is 5.78. The number of nitrogens with one attached hydrogen (secondary N) is 2. The van der Waals surface area contributed by atoms with E-state index in [2.05, 4.69) is 71.3 Å². The Balaban J connectivity index is 1.61. The highest BCUT2D eigenvalue weighted by molar-refractivity contribution is 5.22. The Bertz CT molecular complexity index is 741. The smallest absolute Gasteiger partial charge is 0.214 e. The predicted octanol–water partition coefficient (Wildman–Crippen LogP) is 0.634. The minimum atomic E-state index is -0.0811. The molecule has 1 saturated heterocycles. The van der Waals surface area contributed by atoms with E-state index in [0.717, 1.165) is 18.3 Å². The first-order chi connectivity index (χ1) is 13.6. The van der Waals surface area contributed by atoms with Crippen LogP contribution in [0.25, 0.3) is 0 Å². The van der Waals surface area contributed by atoms with Crippen LogP contribution in [0.4, 0.5) is 0 Å². The molecule has 0 radical (unpaired) electrons. The van der Waals surface area contributed by atoms with Crippen LogP contribution in [0.2, 0.25) is 0 Å². The van der Waals surface area contributed by atoms with Crippen LogP contribution in [0.15, 0.2) is 30.3 Å². The van der Waals surface area contributed by atoms with Gasteiger partial charge in [-0.1, -0.05) is 37.3 Å². The van der Waals surface area contributed by atoms with E-state index in [9.17, 15) is 0 Å². The van der Waals surface area contributed by atoms with Gasteiger partial charge >= 0.3 is 0 Å². The van der Waals surface area contributed by atoms with Gasteiger partial charge in [0.1, 0.15) is 26.2 Å². The van der Waals surface area contributed by atoms with Crippen LogP contribution in [0.5, 0.6) is 0 Å². The summed E-state index contributed by atoms with van der Waals surface area (Å²) in [5.74, 6) is 1.01. The molecule has 1 atom stereocenters. The Hall–Kier alpha value is -1.79.